The van der Waals surface area contributed by atoms with Gasteiger partial charge in [-0.15, -0.1) is 0 Å². The van der Waals surface area contributed by atoms with Crippen molar-refractivity contribution < 1.29 is 14.3 Å². The van der Waals surface area contributed by atoms with E-state index in [2.05, 4.69) is 33.5 Å². The van der Waals surface area contributed by atoms with E-state index in [-0.39, 0.29) is 11.8 Å². The van der Waals surface area contributed by atoms with E-state index in [9.17, 15) is 9.59 Å². The molecule has 34 heavy (non-hydrogen) atoms. The number of hydrogen-bond acceptors (Lipinski definition) is 5. The highest BCUT2D eigenvalue weighted by molar-refractivity contribution is 6.12. The predicted molar refractivity (Wildman–Crippen MR) is 135 cm³/mol. The fourth-order valence-corrected chi connectivity index (χ4v) is 3.94. The lowest BCUT2D eigenvalue weighted by molar-refractivity contribution is 0.102. The van der Waals surface area contributed by atoms with Crippen molar-refractivity contribution in [3.8, 4) is 5.75 Å². The van der Waals surface area contributed by atoms with Gasteiger partial charge in [-0.05, 0) is 61.1 Å². The summed E-state index contributed by atoms with van der Waals surface area (Å²) in [7, 11) is 3.72. The number of amides is 2. The molecule has 0 aliphatic carbocycles. The van der Waals surface area contributed by atoms with Crippen LogP contribution in [0.1, 0.15) is 26.3 Å². The van der Waals surface area contributed by atoms with Gasteiger partial charge in [0.05, 0.1) is 18.4 Å². The largest absolute Gasteiger partial charge is 0.497 e. The Kier molecular flexibility index (Phi) is 7.57. The molecule has 0 saturated carbocycles. The van der Waals surface area contributed by atoms with Crippen LogP contribution < -0.4 is 15.4 Å². The Balaban J connectivity index is 1.43. The number of anilines is 2. The molecule has 0 unspecified atom stereocenters. The van der Waals surface area contributed by atoms with Gasteiger partial charge in [-0.25, -0.2) is 0 Å². The second-order valence-corrected chi connectivity index (χ2v) is 8.46. The first-order valence-electron chi connectivity index (χ1n) is 11.4. The molecular weight excluding hydrogens is 428 g/mol. The van der Waals surface area contributed by atoms with Gasteiger partial charge in [-0.2, -0.15) is 0 Å². The molecular formula is C27H30N4O3. The quantitative estimate of drug-likeness (QED) is 0.561. The minimum atomic E-state index is -0.294. The summed E-state index contributed by atoms with van der Waals surface area (Å²) in [6, 6.07) is 21.7. The first-order chi connectivity index (χ1) is 16.5. The van der Waals surface area contributed by atoms with E-state index in [1.165, 1.54) is 0 Å². The van der Waals surface area contributed by atoms with Crippen LogP contribution in [0.15, 0.2) is 72.8 Å². The average molecular weight is 459 g/mol. The van der Waals surface area contributed by atoms with Crippen molar-refractivity contribution in [2.45, 2.75) is 6.54 Å². The van der Waals surface area contributed by atoms with Crippen LogP contribution in [0.25, 0.3) is 0 Å². The van der Waals surface area contributed by atoms with Crippen LogP contribution in [0.5, 0.6) is 5.75 Å². The number of piperazine rings is 1. The maximum absolute atomic E-state index is 13.1. The smallest absolute Gasteiger partial charge is 0.257 e. The number of benzene rings is 3. The number of rotatable bonds is 7. The molecule has 0 spiro atoms. The summed E-state index contributed by atoms with van der Waals surface area (Å²) in [5.74, 6) is 0.102. The zero-order valence-electron chi connectivity index (χ0n) is 19.6. The molecule has 0 aromatic heterocycles. The number of carbonyl (C=O) groups excluding carboxylic acids is 2. The lowest BCUT2D eigenvalue weighted by Crippen LogP contribution is -2.43. The van der Waals surface area contributed by atoms with Gasteiger partial charge >= 0.3 is 0 Å². The van der Waals surface area contributed by atoms with Gasteiger partial charge in [0, 0.05) is 44.0 Å². The number of carbonyl (C=O) groups is 2. The van der Waals surface area contributed by atoms with Crippen LogP contribution in [0.3, 0.4) is 0 Å². The second-order valence-electron chi connectivity index (χ2n) is 8.46. The normalized spacial score (nSPS) is 14.4. The molecule has 7 nitrogen and oxygen atoms in total. The maximum Gasteiger partial charge on any atom is 0.257 e. The molecule has 1 fully saturated rings. The summed E-state index contributed by atoms with van der Waals surface area (Å²) < 4.78 is 5.14. The Morgan fingerprint density at radius 2 is 1.59 bits per heavy atom. The van der Waals surface area contributed by atoms with Crippen LogP contribution >= 0.6 is 0 Å². The number of hydrogen-bond donors (Lipinski definition) is 2. The minimum absolute atomic E-state index is 0.276. The zero-order valence-corrected chi connectivity index (χ0v) is 19.6. The van der Waals surface area contributed by atoms with Crippen LogP contribution in [0.4, 0.5) is 11.4 Å². The number of methoxy groups -OCH3 is 1. The third-order valence-electron chi connectivity index (χ3n) is 5.96. The third-order valence-corrected chi connectivity index (χ3v) is 5.96. The van der Waals surface area contributed by atoms with Gasteiger partial charge in [0.15, 0.2) is 0 Å². The lowest BCUT2D eigenvalue weighted by Gasteiger charge is -2.32. The summed E-state index contributed by atoms with van der Waals surface area (Å²) in [4.78, 5) is 30.5. The molecule has 2 N–H and O–H groups in total. The number of likely N-dealkylation sites (N-methyl/N-ethyl adjacent to an activating group) is 1. The van der Waals surface area contributed by atoms with E-state index < -0.39 is 0 Å². The van der Waals surface area contributed by atoms with Crippen LogP contribution in [0, 0.1) is 0 Å². The maximum atomic E-state index is 13.1. The van der Waals surface area contributed by atoms with Crippen LogP contribution in [-0.4, -0.2) is 62.0 Å². The van der Waals surface area contributed by atoms with Gasteiger partial charge in [0.1, 0.15) is 5.75 Å². The molecule has 1 aliphatic heterocycles. The van der Waals surface area contributed by atoms with Crippen molar-refractivity contribution in [2.75, 3.05) is 51.0 Å². The van der Waals surface area contributed by atoms with Gasteiger partial charge in [0.2, 0.25) is 0 Å². The first kappa shape index (κ1) is 23.5. The monoisotopic (exact) mass is 458 g/mol. The summed E-state index contributed by atoms with van der Waals surface area (Å²) in [6.07, 6.45) is 0. The minimum Gasteiger partial charge on any atom is -0.497 e. The standard InChI is InChI=1S/C27H30N4O3/c1-30-14-16-31(17-15-30)19-20-6-5-7-22(18-20)28-27(33)24-8-3-4-9-25(24)29-26(32)21-10-12-23(34-2)13-11-21/h3-13,18H,14-17,19H2,1-2H3,(H,28,33)(H,29,32). The SMILES string of the molecule is COc1ccc(C(=O)Nc2ccccc2C(=O)Nc2cccc(CN3CCN(C)CC3)c2)cc1. The topological polar surface area (TPSA) is 73.9 Å². The Hall–Kier alpha value is -3.68. The second kappa shape index (κ2) is 11.0. The van der Waals surface area contributed by atoms with Crippen LogP contribution in [-0.2, 0) is 6.54 Å². The Bertz CT molecular complexity index is 1140. The Morgan fingerprint density at radius 1 is 0.853 bits per heavy atom. The van der Waals surface area contributed by atoms with E-state index >= 15 is 0 Å². The average Bonchev–Trinajstić information content (AvgIpc) is 2.86. The summed E-state index contributed by atoms with van der Waals surface area (Å²) in [5.41, 5.74) is 3.22. The number of nitrogens with zero attached hydrogens (tertiary/aromatic N) is 2. The van der Waals surface area contributed by atoms with Gasteiger partial charge in [-0.3, -0.25) is 14.5 Å². The fourth-order valence-electron chi connectivity index (χ4n) is 3.94. The molecule has 0 atom stereocenters. The first-order valence-corrected chi connectivity index (χ1v) is 11.4. The lowest BCUT2D eigenvalue weighted by atomic mass is 10.1. The van der Waals surface area contributed by atoms with Crippen molar-refractivity contribution in [1.82, 2.24) is 9.80 Å². The molecule has 1 saturated heterocycles. The molecule has 4 rings (SSSR count). The number of ether oxygens (including phenoxy) is 1. The van der Waals surface area contributed by atoms with E-state index in [0.717, 1.165) is 44.0 Å². The Morgan fingerprint density at radius 3 is 2.32 bits per heavy atom. The third kappa shape index (κ3) is 6.01. The summed E-state index contributed by atoms with van der Waals surface area (Å²) >= 11 is 0. The highest BCUT2D eigenvalue weighted by Gasteiger charge is 2.16. The summed E-state index contributed by atoms with van der Waals surface area (Å²) in [5, 5.41) is 5.83. The predicted octanol–water partition coefficient (Wildman–Crippen LogP) is 3.95. The molecule has 3 aromatic rings. The van der Waals surface area contributed by atoms with E-state index in [1.54, 1.807) is 55.6 Å². The highest BCUT2D eigenvalue weighted by Crippen LogP contribution is 2.20. The molecule has 1 heterocycles. The Labute approximate surface area is 200 Å². The van der Waals surface area contributed by atoms with Gasteiger partial charge in [0.25, 0.3) is 11.8 Å². The van der Waals surface area contributed by atoms with Crippen molar-refractivity contribution in [3.05, 3.63) is 89.5 Å². The fraction of sp³-hybridized carbons (Fsp3) is 0.259. The number of para-hydroxylation sites is 1. The molecule has 176 valence electrons. The van der Waals surface area contributed by atoms with Gasteiger partial charge in [-0.1, -0.05) is 24.3 Å². The zero-order chi connectivity index (χ0) is 23.9. The van der Waals surface area contributed by atoms with Crippen LogP contribution in [0.2, 0.25) is 0 Å². The molecule has 1 aliphatic rings. The van der Waals surface area contributed by atoms with Crippen molar-refractivity contribution in [3.63, 3.8) is 0 Å². The number of nitrogens with one attached hydrogen (secondary N) is 2. The van der Waals surface area contributed by atoms with Crippen molar-refractivity contribution in [2.24, 2.45) is 0 Å². The summed E-state index contributed by atoms with van der Waals surface area (Å²) in [6.45, 7) is 5.06. The van der Waals surface area contributed by atoms with E-state index in [4.69, 9.17) is 4.74 Å². The van der Waals surface area contributed by atoms with Crippen molar-refractivity contribution in [1.29, 1.82) is 0 Å². The molecule has 2 amide bonds. The van der Waals surface area contributed by atoms with E-state index in [0.29, 0.717) is 22.6 Å². The molecule has 7 heteroatoms. The molecule has 3 aromatic carbocycles. The van der Waals surface area contributed by atoms with E-state index in [1.807, 2.05) is 18.2 Å². The molecule has 0 radical (unpaired) electrons. The molecule has 0 bridgehead atoms. The highest BCUT2D eigenvalue weighted by atomic mass is 16.5. The van der Waals surface area contributed by atoms with Crippen molar-refractivity contribution >= 4 is 23.2 Å². The van der Waals surface area contributed by atoms with Gasteiger partial charge < -0.3 is 20.3 Å².